The fraction of sp³-hybridized carbons (Fsp3) is 1.00. The Labute approximate surface area is 86.5 Å². The summed E-state index contributed by atoms with van der Waals surface area (Å²) in [5.41, 5.74) is 5.84. The van der Waals surface area contributed by atoms with Crippen molar-refractivity contribution in [2.75, 3.05) is 12.3 Å². The van der Waals surface area contributed by atoms with E-state index in [1.807, 2.05) is 6.92 Å². The Hall–Kier alpha value is -0.130. The minimum Gasteiger partial charge on any atom is -0.315 e. The van der Waals surface area contributed by atoms with E-state index >= 15 is 0 Å². The van der Waals surface area contributed by atoms with Crippen molar-refractivity contribution < 1.29 is 8.42 Å². The van der Waals surface area contributed by atoms with Gasteiger partial charge >= 0.3 is 0 Å². The summed E-state index contributed by atoms with van der Waals surface area (Å²) < 4.78 is 25.1. The van der Waals surface area contributed by atoms with Crippen LogP contribution in [0.5, 0.6) is 0 Å². The maximum absolute atomic E-state index is 11.8. The first-order valence-electron chi connectivity index (χ1n) is 5.33. The molecule has 0 aromatic heterocycles. The fourth-order valence-corrected chi connectivity index (χ4v) is 3.50. The molecule has 1 fully saturated rings. The standard InChI is InChI=1S/C9H20N2O2S/c1-2-8-14(12,13)11-7-5-3-4-6-9(11)10/h9H,2-8,10H2,1H3. The van der Waals surface area contributed by atoms with E-state index in [2.05, 4.69) is 0 Å². The Morgan fingerprint density at radius 3 is 2.71 bits per heavy atom. The number of hydrogen-bond acceptors (Lipinski definition) is 3. The summed E-state index contributed by atoms with van der Waals surface area (Å²) in [7, 11) is -3.10. The van der Waals surface area contributed by atoms with Crippen LogP contribution in [0.4, 0.5) is 0 Å². The summed E-state index contributed by atoms with van der Waals surface area (Å²) in [6, 6.07) is 0. The molecule has 1 aliphatic rings. The van der Waals surface area contributed by atoms with Crippen LogP contribution in [-0.2, 0) is 10.0 Å². The molecule has 0 bridgehead atoms. The third-order valence-corrected chi connectivity index (χ3v) is 4.66. The van der Waals surface area contributed by atoms with Gasteiger partial charge in [0.05, 0.1) is 11.9 Å². The number of sulfonamides is 1. The van der Waals surface area contributed by atoms with E-state index in [4.69, 9.17) is 5.73 Å². The zero-order valence-corrected chi connectivity index (χ0v) is 9.59. The highest BCUT2D eigenvalue weighted by Gasteiger charge is 2.27. The van der Waals surface area contributed by atoms with Gasteiger partial charge in [-0.2, -0.15) is 4.31 Å². The van der Waals surface area contributed by atoms with Crippen LogP contribution in [0.15, 0.2) is 0 Å². The molecule has 84 valence electrons. The number of rotatable bonds is 3. The lowest BCUT2D eigenvalue weighted by Gasteiger charge is -2.25. The Balaban J connectivity index is 2.72. The predicted octanol–water partition coefficient (Wildman–Crippen LogP) is 0.887. The molecule has 0 aromatic rings. The molecule has 0 radical (unpaired) electrons. The van der Waals surface area contributed by atoms with Crippen molar-refractivity contribution in [3.8, 4) is 0 Å². The second kappa shape index (κ2) is 5.09. The molecule has 1 unspecified atom stereocenters. The highest BCUT2D eigenvalue weighted by Crippen LogP contribution is 2.17. The van der Waals surface area contributed by atoms with Crippen molar-refractivity contribution in [3.05, 3.63) is 0 Å². The van der Waals surface area contributed by atoms with Gasteiger partial charge in [0.2, 0.25) is 10.0 Å². The van der Waals surface area contributed by atoms with Crippen molar-refractivity contribution in [1.29, 1.82) is 0 Å². The molecule has 14 heavy (non-hydrogen) atoms. The van der Waals surface area contributed by atoms with Crippen LogP contribution in [0.2, 0.25) is 0 Å². The molecule has 4 nitrogen and oxygen atoms in total. The van der Waals surface area contributed by atoms with E-state index in [0.29, 0.717) is 13.0 Å². The Morgan fingerprint density at radius 2 is 2.07 bits per heavy atom. The van der Waals surface area contributed by atoms with Crippen LogP contribution in [0.25, 0.3) is 0 Å². The molecule has 0 aromatic carbocycles. The van der Waals surface area contributed by atoms with Crippen molar-refractivity contribution in [2.45, 2.75) is 45.2 Å². The van der Waals surface area contributed by atoms with Crippen molar-refractivity contribution >= 4 is 10.0 Å². The third-order valence-electron chi connectivity index (χ3n) is 2.57. The molecule has 0 spiro atoms. The van der Waals surface area contributed by atoms with Gasteiger partial charge in [-0.15, -0.1) is 0 Å². The van der Waals surface area contributed by atoms with Gasteiger partial charge in [0.25, 0.3) is 0 Å². The van der Waals surface area contributed by atoms with Gasteiger partial charge < -0.3 is 5.73 Å². The lowest BCUT2D eigenvalue weighted by atomic mass is 10.2. The summed E-state index contributed by atoms with van der Waals surface area (Å²) in [6.45, 7) is 2.48. The van der Waals surface area contributed by atoms with E-state index in [0.717, 1.165) is 25.7 Å². The molecule has 0 amide bonds. The van der Waals surface area contributed by atoms with Gasteiger partial charge in [-0.3, -0.25) is 0 Å². The molecule has 5 heteroatoms. The van der Waals surface area contributed by atoms with Crippen LogP contribution in [-0.4, -0.2) is 31.2 Å². The maximum atomic E-state index is 11.8. The average Bonchev–Trinajstić information content (AvgIpc) is 2.29. The average molecular weight is 220 g/mol. The van der Waals surface area contributed by atoms with Crippen LogP contribution in [0, 0.1) is 0 Å². The van der Waals surface area contributed by atoms with Crippen LogP contribution >= 0.6 is 0 Å². The molecule has 0 saturated carbocycles. The molecular weight excluding hydrogens is 200 g/mol. The lowest BCUT2D eigenvalue weighted by molar-refractivity contribution is 0.329. The zero-order valence-electron chi connectivity index (χ0n) is 8.78. The zero-order chi connectivity index (χ0) is 10.6. The molecular formula is C9H20N2O2S. The number of hydrogen-bond donors (Lipinski definition) is 1. The molecule has 1 atom stereocenters. The summed E-state index contributed by atoms with van der Waals surface area (Å²) in [6.07, 6.45) is 4.23. The van der Waals surface area contributed by atoms with E-state index in [-0.39, 0.29) is 11.9 Å². The monoisotopic (exact) mass is 220 g/mol. The third kappa shape index (κ3) is 2.93. The van der Waals surface area contributed by atoms with Gasteiger partial charge in [0.1, 0.15) is 0 Å². The summed E-state index contributed by atoms with van der Waals surface area (Å²) in [5, 5.41) is 0. The molecule has 1 heterocycles. The van der Waals surface area contributed by atoms with Gasteiger partial charge in [0, 0.05) is 6.54 Å². The molecule has 1 rings (SSSR count). The van der Waals surface area contributed by atoms with Crippen molar-refractivity contribution in [3.63, 3.8) is 0 Å². The molecule has 1 saturated heterocycles. The van der Waals surface area contributed by atoms with Gasteiger partial charge in [-0.1, -0.05) is 19.8 Å². The maximum Gasteiger partial charge on any atom is 0.215 e. The SMILES string of the molecule is CCCS(=O)(=O)N1CCCCCC1N. The first kappa shape index (κ1) is 11.9. The first-order valence-corrected chi connectivity index (χ1v) is 6.94. The highest BCUT2D eigenvalue weighted by molar-refractivity contribution is 7.89. The summed E-state index contributed by atoms with van der Waals surface area (Å²) >= 11 is 0. The Kier molecular flexibility index (Phi) is 4.34. The minimum absolute atomic E-state index is 0.223. The van der Waals surface area contributed by atoms with E-state index in [1.54, 1.807) is 0 Å². The second-order valence-electron chi connectivity index (χ2n) is 3.84. The normalized spacial score (nSPS) is 26.0. The first-order chi connectivity index (χ1) is 6.58. The molecule has 0 aliphatic carbocycles. The van der Waals surface area contributed by atoms with Crippen LogP contribution in [0.1, 0.15) is 39.0 Å². The summed E-state index contributed by atoms with van der Waals surface area (Å²) in [4.78, 5) is 0. The largest absolute Gasteiger partial charge is 0.315 e. The number of nitrogens with two attached hydrogens (primary N) is 1. The lowest BCUT2D eigenvalue weighted by Crippen LogP contribution is -2.46. The van der Waals surface area contributed by atoms with Crippen molar-refractivity contribution in [2.24, 2.45) is 5.73 Å². The van der Waals surface area contributed by atoms with Gasteiger partial charge in [0.15, 0.2) is 0 Å². The highest BCUT2D eigenvalue weighted by atomic mass is 32.2. The quantitative estimate of drug-likeness (QED) is 0.768. The van der Waals surface area contributed by atoms with E-state index in [1.165, 1.54) is 4.31 Å². The Bertz CT molecular complexity index is 264. The van der Waals surface area contributed by atoms with Gasteiger partial charge in [-0.05, 0) is 19.3 Å². The molecule has 1 aliphatic heterocycles. The smallest absolute Gasteiger partial charge is 0.215 e. The van der Waals surface area contributed by atoms with E-state index < -0.39 is 10.0 Å². The second-order valence-corrected chi connectivity index (χ2v) is 5.88. The van der Waals surface area contributed by atoms with E-state index in [9.17, 15) is 8.42 Å². The number of nitrogens with zero attached hydrogens (tertiary/aromatic N) is 1. The molecule has 2 N–H and O–H groups in total. The summed E-state index contributed by atoms with van der Waals surface area (Å²) in [5.74, 6) is 0.223. The minimum atomic E-state index is -3.10. The van der Waals surface area contributed by atoms with Crippen molar-refractivity contribution in [1.82, 2.24) is 4.31 Å². The topological polar surface area (TPSA) is 63.4 Å². The fourth-order valence-electron chi connectivity index (χ4n) is 1.83. The predicted molar refractivity (Wildman–Crippen MR) is 57.2 cm³/mol. The van der Waals surface area contributed by atoms with Crippen LogP contribution in [0.3, 0.4) is 0 Å². The van der Waals surface area contributed by atoms with Gasteiger partial charge in [-0.25, -0.2) is 8.42 Å². The van der Waals surface area contributed by atoms with Crippen LogP contribution < -0.4 is 5.73 Å². The Morgan fingerprint density at radius 1 is 1.36 bits per heavy atom.